The molecule has 0 spiro atoms. The molecule has 0 radical (unpaired) electrons. The van der Waals surface area contributed by atoms with Gasteiger partial charge in [0.15, 0.2) is 0 Å². The minimum atomic E-state index is -0.756. The monoisotopic (exact) mass is 267 g/mol. The number of hydrogen-bond donors (Lipinski definition) is 1. The molecule has 1 unspecified atom stereocenters. The highest BCUT2D eigenvalue weighted by Gasteiger charge is 2.32. The molecule has 0 amide bonds. The molecule has 3 nitrogen and oxygen atoms in total. The van der Waals surface area contributed by atoms with Crippen LogP contribution in [0.3, 0.4) is 0 Å². The lowest BCUT2D eigenvalue weighted by molar-refractivity contribution is -0.156. The molecule has 1 aromatic rings. The highest BCUT2D eigenvalue weighted by atomic mass is 19.1. The number of ether oxygens (including phenoxy) is 1. The van der Waals surface area contributed by atoms with E-state index in [0.29, 0.717) is 5.56 Å². The van der Waals surface area contributed by atoms with E-state index in [0.717, 1.165) is 0 Å². The molecule has 0 aromatic heterocycles. The predicted octanol–water partition coefficient (Wildman–Crippen LogP) is 2.77. The van der Waals surface area contributed by atoms with Gasteiger partial charge in [-0.2, -0.15) is 0 Å². The molecular weight excluding hydrogens is 245 g/mol. The van der Waals surface area contributed by atoms with Crippen molar-refractivity contribution in [3.8, 4) is 0 Å². The average molecular weight is 267 g/mol. The molecule has 0 bridgehead atoms. The Morgan fingerprint density at radius 3 is 2.32 bits per heavy atom. The molecule has 1 aromatic carbocycles. The fourth-order valence-electron chi connectivity index (χ4n) is 1.92. The first kappa shape index (κ1) is 15.6. The minimum Gasteiger partial charge on any atom is -0.460 e. The molecular formula is C15H22FNO2. The molecule has 0 saturated carbocycles. The Labute approximate surface area is 113 Å². The molecule has 2 N–H and O–H groups in total. The normalized spacial score (nSPS) is 14.8. The van der Waals surface area contributed by atoms with Gasteiger partial charge in [-0.1, -0.05) is 25.1 Å². The van der Waals surface area contributed by atoms with Gasteiger partial charge < -0.3 is 10.5 Å². The highest BCUT2D eigenvalue weighted by molar-refractivity contribution is 5.72. The molecule has 1 rings (SSSR count). The second-order valence-electron chi connectivity index (χ2n) is 6.01. The third-order valence-corrected chi connectivity index (χ3v) is 2.93. The SMILES string of the molecule is CC(C)(C)OC(=O)CC(C)(CN)c1ccccc1F. The number of esters is 1. The van der Waals surface area contributed by atoms with Crippen LogP contribution in [0.15, 0.2) is 24.3 Å². The number of carbonyl (C=O) groups is 1. The molecule has 0 aliphatic rings. The van der Waals surface area contributed by atoms with Crippen molar-refractivity contribution in [2.24, 2.45) is 5.73 Å². The van der Waals surface area contributed by atoms with Crippen LogP contribution >= 0.6 is 0 Å². The van der Waals surface area contributed by atoms with E-state index in [2.05, 4.69) is 0 Å². The van der Waals surface area contributed by atoms with Crippen molar-refractivity contribution in [2.45, 2.75) is 45.1 Å². The van der Waals surface area contributed by atoms with Crippen LogP contribution < -0.4 is 5.73 Å². The van der Waals surface area contributed by atoms with Crippen molar-refractivity contribution in [1.29, 1.82) is 0 Å². The molecule has 4 heteroatoms. The Morgan fingerprint density at radius 1 is 1.26 bits per heavy atom. The summed E-state index contributed by atoms with van der Waals surface area (Å²) >= 11 is 0. The van der Waals surface area contributed by atoms with E-state index in [4.69, 9.17) is 10.5 Å². The summed E-state index contributed by atoms with van der Waals surface area (Å²) in [6.45, 7) is 7.35. The lowest BCUT2D eigenvalue weighted by atomic mass is 9.79. The molecule has 0 aliphatic heterocycles. The lowest BCUT2D eigenvalue weighted by Gasteiger charge is -2.29. The van der Waals surface area contributed by atoms with Gasteiger partial charge in [-0.3, -0.25) is 4.79 Å². The third-order valence-electron chi connectivity index (χ3n) is 2.93. The second-order valence-corrected chi connectivity index (χ2v) is 6.01. The van der Waals surface area contributed by atoms with Crippen molar-refractivity contribution >= 4 is 5.97 Å². The Bertz CT molecular complexity index is 454. The molecule has 0 aliphatic carbocycles. The van der Waals surface area contributed by atoms with E-state index in [-0.39, 0.29) is 24.8 Å². The van der Waals surface area contributed by atoms with Gasteiger partial charge in [0, 0.05) is 12.0 Å². The van der Waals surface area contributed by atoms with Gasteiger partial charge in [-0.25, -0.2) is 4.39 Å². The first-order valence-corrected chi connectivity index (χ1v) is 6.35. The van der Waals surface area contributed by atoms with Gasteiger partial charge in [-0.05, 0) is 32.4 Å². The number of halogens is 1. The van der Waals surface area contributed by atoms with Crippen LogP contribution in [0.2, 0.25) is 0 Å². The fourth-order valence-corrected chi connectivity index (χ4v) is 1.92. The summed E-state index contributed by atoms with van der Waals surface area (Å²) in [5.74, 6) is -0.720. The summed E-state index contributed by atoms with van der Waals surface area (Å²) in [6.07, 6.45) is 0.0572. The first-order chi connectivity index (χ1) is 8.68. The van der Waals surface area contributed by atoms with Crippen LogP contribution in [-0.2, 0) is 14.9 Å². The van der Waals surface area contributed by atoms with Gasteiger partial charge in [0.2, 0.25) is 0 Å². The molecule has 0 heterocycles. The van der Waals surface area contributed by atoms with Crippen molar-refractivity contribution < 1.29 is 13.9 Å². The molecule has 0 fully saturated rings. The van der Waals surface area contributed by atoms with Crippen LogP contribution in [0.4, 0.5) is 4.39 Å². The number of hydrogen-bond acceptors (Lipinski definition) is 3. The second kappa shape index (κ2) is 5.70. The number of rotatable bonds is 4. The zero-order chi connectivity index (χ0) is 14.7. The summed E-state index contributed by atoms with van der Waals surface area (Å²) in [4.78, 5) is 11.9. The molecule has 106 valence electrons. The van der Waals surface area contributed by atoms with E-state index >= 15 is 0 Å². The van der Waals surface area contributed by atoms with Gasteiger partial charge >= 0.3 is 5.97 Å². The first-order valence-electron chi connectivity index (χ1n) is 6.35. The number of carbonyl (C=O) groups excluding carboxylic acids is 1. The highest BCUT2D eigenvalue weighted by Crippen LogP contribution is 2.29. The summed E-state index contributed by atoms with van der Waals surface area (Å²) < 4.78 is 19.1. The van der Waals surface area contributed by atoms with Crippen LogP contribution in [0.5, 0.6) is 0 Å². The third kappa shape index (κ3) is 4.31. The summed E-state index contributed by atoms with van der Waals surface area (Å²) in [5, 5.41) is 0. The van der Waals surface area contributed by atoms with E-state index in [9.17, 15) is 9.18 Å². The largest absolute Gasteiger partial charge is 0.460 e. The Morgan fingerprint density at radius 2 is 1.84 bits per heavy atom. The zero-order valence-electron chi connectivity index (χ0n) is 12.0. The van der Waals surface area contributed by atoms with Gasteiger partial charge in [-0.15, -0.1) is 0 Å². The Balaban J connectivity index is 2.94. The topological polar surface area (TPSA) is 52.3 Å². The predicted molar refractivity (Wildman–Crippen MR) is 73.3 cm³/mol. The van der Waals surface area contributed by atoms with Gasteiger partial charge in [0.05, 0.1) is 6.42 Å². The zero-order valence-corrected chi connectivity index (χ0v) is 12.0. The van der Waals surface area contributed by atoms with Gasteiger partial charge in [0.25, 0.3) is 0 Å². The number of nitrogens with two attached hydrogens (primary N) is 1. The average Bonchev–Trinajstić information content (AvgIpc) is 2.26. The van der Waals surface area contributed by atoms with Crippen LogP contribution in [0, 0.1) is 5.82 Å². The van der Waals surface area contributed by atoms with E-state index in [1.165, 1.54) is 6.07 Å². The quantitative estimate of drug-likeness (QED) is 0.853. The Hall–Kier alpha value is -1.42. The van der Waals surface area contributed by atoms with E-state index in [1.54, 1.807) is 45.9 Å². The van der Waals surface area contributed by atoms with Crippen LogP contribution in [0.1, 0.15) is 39.7 Å². The van der Waals surface area contributed by atoms with Crippen LogP contribution in [-0.4, -0.2) is 18.1 Å². The smallest absolute Gasteiger partial charge is 0.307 e. The number of benzene rings is 1. The van der Waals surface area contributed by atoms with Crippen molar-refractivity contribution in [3.05, 3.63) is 35.6 Å². The van der Waals surface area contributed by atoms with Crippen molar-refractivity contribution in [2.75, 3.05) is 6.54 Å². The molecule has 19 heavy (non-hydrogen) atoms. The minimum absolute atomic E-state index is 0.0572. The Kier molecular flexibility index (Phi) is 4.69. The summed E-state index contributed by atoms with van der Waals surface area (Å²) in [6, 6.07) is 6.38. The van der Waals surface area contributed by atoms with Gasteiger partial charge in [0.1, 0.15) is 11.4 Å². The van der Waals surface area contributed by atoms with Crippen LogP contribution in [0.25, 0.3) is 0 Å². The maximum absolute atomic E-state index is 13.9. The fraction of sp³-hybridized carbons (Fsp3) is 0.533. The standard InChI is InChI=1S/C15H22FNO2/c1-14(2,3)19-13(18)9-15(4,10-17)11-7-5-6-8-12(11)16/h5-8H,9-10,17H2,1-4H3. The maximum atomic E-state index is 13.9. The summed E-state index contributed by atoms with van der Waals surface area (Å²) in [7, 11) is 0. The molecule has 0 saturated heterocycles. The van der Waals surface area contributed by atoms with E-state index in [1.807, 2.05) is 0 Å². The van der Waals surface area contributed by atoms with Crippen molar-refractivity contribution in [3.63, 3.8) is 0 Å². The lowest BCUT2D eigenvalue weighted by Crippen LogP contribution is -2.37. The van der Waals surface area contributed by atoms with Crippen molar-refractivity contribution in [1.82, 2.24) is 0 Å². The molecule has 1 atom stereocenters. The van der Waals surface area contributed by atoms with E-state index < -0.39 is 11.0 Å². The maximum Gasteiger partial charge on any atom is 0.307 e. The summed E-state index contributed by atoms with van der Waals surface area (Å²) in [5.41, 5.74) is 4.88.